The molecule has 2 rings (SSSR count). The molecule has 0 amide bonds. The molecular weight excluding hydrogens is 277 g/mol. The smallest absolute Gasteiger partial charge is 0.200 e. The second-order valence-corrected chi connectivity index (χ2v) is 5.76. The first-order chi connectivity index (χ1) is 10.2. The third kappa shape index (κ3) is 3.92. The van der Waals surface area contributed by atoms with Gasteiger partial charge in [0.15, 0.2) is 11.6 Å². The second-order valence-electron chi connectivity index (χ2n) is 5.76. The molecule has 4 heteroatoms. The van der Waals surface area contributed by atoms with E-state index in [0.717, 1.165) is 32.1 Å². The van der Waals surface area contributed by atoms with Gasteiger partial charge in [0.25, 0.3) is 0 Å². The van der Waals surface area contributed by atoms with E-state index in [1.165, 1.54) is 6.07 Å². The van der Waals surface area contributed by atoms with Crippen molar-refractivity contribution >= 4 is 0 Å². The number of hydrogen-bond donors (Lipinski definition) is 0. The number of halogens is 3. The summed E-state index contributed by atoms with van der Waals surface area (Å²) in [5.74, 6) is -1.07. The van der Waals surface area contributed by atoms with E-state index in [1.54, 1.807) is 13.0 Å². The van der Waals surface area contributed by atoms with Gasteiger partial charge in [-0.1, -0.05) is 6.07 Å². The van der Waals surface area contributed by atoms with Gasteiger partial charge < -0.3 is 4.74 Å². The molecule has 0 N–H and O–H groups in total. The van der Waals surface area contributed by atoms with E-state index in [0.29, 0.717) is 24.5 Å². The van der Waals surface area contributed by atoms with Crippen molar-refractivity contribution in [1.82, 2.24) is 0 Å². The SMILES string of the molecule is CCOc1ccc(C2CCC(CCCF)CC2)c(F)c1F. The van der Waals surface area contributed by atoms with Crippen molar-refractivity contribution in [2.24, 2.45) is 5.92 Å². The van der Waals surface area contributed by atoms with Crippen LogP contribution in [0.2, 0.25) is 0 Å². The summed E-state index contributed by atoms with van der Waals surface area (Å²) in [4.78, 5) is 0. The first-order valence-electron chi connectivity index (χ1n) is 7.84. The summed E-state index contributed by atoms with van der Waals surface area (Å²) < 4.78 is 45.3. The van der Waals surface area contributed by atoms with Crippen molar-refractivity contribution in [3.8, 4) is 5.75 Å². The predicted molar refractivity (Wildman–Crippen MR) is 77.4 cm³/mol. The molecule has 21 heavy (non-hydrogen) atoms. The van der Waals surface area contributed by atoms with Crippen molar-refractivity contribution in [2.75, 3.05) is 13.3 Å². The van der Waals surface area contributed by atoms with Gasteiger partial charge in [-0.15, -0.1) is 0 Å². The zero-order chi connectivity index (χ0) is 15.2. The van der Waals surface area contributed by atoms with Gasteiger partial charge in [0.1, 0.15) is 0 Å². The van der Waals surface area contributed by atoms with E-state index in [1.807, 2.05) is 0 Å². The topological polar surface area (TPSA) is 9.23 Å². The Bertz CT molecular complexity index is 454. The molecule has 1 aliphatic carbocycles. The normalized spacial score (nSPS) is 22.3. The molecule has 1 aromatic rings. The molecule has 1 aromatic carbocycles. The van der Waals surface area contributed by atoms with Crippen LogP contribution in [0.1, 0.15) is 56.9 Å². The maximum Gasteiger partial charge on any atom is 0.200 e. The summed E-state index contributed by atoms with van der Waals surface area (Å²) in [5.41, 5.74) is 0.458. The summed E-state index contributed by atoms with van der Waals surface area (Å²) in [7, 11) is 0. The molecular formula is C17H23F3O. The van der Waals surface area contributed by atoms with Gasteiger partial charge in [-0.25, -0.2) is 4.39 Å². The molecule has 1 aliphatic rings. The fourth-order valence-corrected chi connectivity index (χ4v) is 3.26. The first-order valence-corrected chi connectivity index (χ1v) is 7.84. The first kappa shape index (κ1) is 16.2. The van der Waals surface area contributed by atoms with Crippen molar-refractivity contribution in [3.05, 3.63) is 29.3 Å². The Morgan fingerprint density at radius 2 is 1.81 bits per heavy atom. The van der Waals surface area contributed by atoms with Crippen LogP contribution in [-0.4, -0.2) is 13.3 Å². The van der Waals surface area contributed by atoms with Crippen molar-refractivity contribution in [2.45, 2.75) is 51.4 Å². The fourth-order valence-electron chi connectivity index (χ4n) is 3.26. The van der Waals surface area contributed by atoms with Gasteiger partial charge in [-0.05, 0) is 68.9 Å². The maximum absolute atomic E-state index is 14.2. The molecule has 0 heterocycles. The van der Waals surface area contributed by atoms with E-state index < -0.39 is 11.6 Å². The zero-order valence-corrected chi connectivity index (χ0v) is 12.5. The molecule has 0 saturated heterocycles. The minimum Gasteiger partial charge on any atom is -0.491 e. The Morgan fingerprint density at radius 1 is 1.10 bits per heavy atom. The van der Waals surface area contributed by atoms with E-state index in [-0.39, 0.29) is 18.3 Å². The number of hydrogen-bond acceptors (Lipinski definition) is 1. The summed E-state index contributed by atoms with van der Waals surface area (Å²) in [6.07, 6.45) is 5.16. The van der Waals surface area contributed by atoms with Crippen LogP contribution in [0.4, 0.5) is 13.2 Å². The lowest BCUT2D eigenvalue weighted by Gasteiger charge is -2.29. The van der Waals surface area contributed by atoms with Gasteiger partial charge in [0.2, 0.25) is 5.82 Å². The van der Waals surface area contributed by atoms with Crippen LogP contribution in [0.25, 0.3) is 0 Å². The highest BCUT2D eigenvalue weighted by atomic mass is 19.2. The van der Waals surface area contributed by atoms with Crippen molar-refractivity contribution < 1.29 is 17.9 Å². The Kier molecular flexibility index (Phi) is 5.95. The minimum atomic E-state index is -0.881. The lowest BCUT2D eigenvalue weighted by molar-refractivity contribution is 0.286. The lowest BCUT2D eigenvalue weighted by Crippen LogP contribution is -2.15. The maximum atomic E-state index is 14.2. The molecule has 0 aliphatic heterocycles. The third-order valence-corrected chi connectivity index (χ3v) is 4.41. The summed E-state index contributed by atoms with van der Waals surface area (Å²) in [5, 5.41) is 0. The van der Waals surface area contributed by atoms with Crippen LogP contribution in [0.15, 0.2) is 12.1 Å². The van der Waals surface area contributed by atoms with E-state index in [9.17, 15) is 13.2 Å². The summed E-state index contributed by atoms with van der Waals surface area (Å²) in [6, 6.07) is 3.17. The number of rotatable bonds is 6. The highest BCUT2D eigenvalue weighted by Gasteiger charge is 2.26. The van der Waals surface area contributed by atoms with Gasteiger partial charge in [0, 0.05) is 0 Å². The highest BCUT2D eigenvalue weighted by molar-refractivity contribution is 5.33. The van der Waals surface area contributed by atoms with Crippen LogP contribution in [0.5, 0.6) is 5.75 Å². The van der Waals surface area contributed by atoms with Gasteiger partial charge in [-0.2, -0.15) is 4.39 Å². The summed E-state index contributed by atoms with van der Waals surface area (Å²) >= 11 is 0. The fraction of sp³-hybridized carbons (Fsp3) is 0.647. The van der Waals surface area contributed by atoms with Gasteiger partial charge in [-0.3, -0.25) is 4.39 Å². The molecule has 0 spiro atoms. The minimum absolute atomic E-state index is 0.0182. The van der Waals surface area contributed by atoms with E-state index in [4.69, 9.17) is 4.74 Å². The highest BCUT2D eigenvalue weighted by Crippen LogP contribution is 2.39. The molecule has 0 unspecified atom stereocenters. The van der Waals surface area contributed by atoms with Crippen LogP contribution in [-0.2, 0) is 0 Å². The van der Waals surface area contributed by atoms with E-state index in [2.05, 4.69) is 0 Å². The summed E-state index contributed by atoms with van der Waals surface area (Å²) in [6.45, 7) is 1.79. The quantitative estimate of drug-likeness (QED) is 0.684. The number of ether oxygens (including phenoxy) is 1. The Labute approximate surface area is 124 Å². The monoisotopic (exact) mass is 300 g/mol. The third-order valence-electron chi connectivity index (χ3n) is 4.41. The molecule has 0 aromatic heterocycles. The van der Waals surface area contributed by atoms with Gasteiger partial charge >= 0.3 is 0 Å². The van der Waals surface area contributed by atoms with Crippen LogP contribution >= 0.6 is 0 Å². The predicted octanol–water partition coefficient (Wildman–Crippen LogP) is 5.39. The van der Waals surface area contributed by atoms with Crippen LogP contribution in [0, 0.1) is 17.6 Å². The molecule has 0 bridgehead atoms. The van der Waals surface area contributed by atoms with Crippen molar-refractivity contribution in [1.29, 1.82) is 0 Å². The molecule has 0 atom stereocenters. The average Bonchev–Trinajstić information content (AvgIpc) is 2.51. The molecule has 0 radical (unpaired) electrons. The van der Waals surface area contributed by atoms with E-state index >= 15 is 0 Å². The molecule has 1 saturated carbocycles. The molecule has 118 valence electrons. The lowest BCUT2D eigenvalue weighted by atomic mass is 9.77. The zero-order valence-electron chi connectivity index (χ0n) is 12.5. The number of benzene rings is 1. The van der Waals surface area contributed by atoms with Crippen molar-refractivity contribution in [3.63, 3.8) is 0 Å². The Balaban J connectivity index is 2.02. The second kappa shape index (κ2) is 7.71. The largest absolute Gasteiger partial charge is 0.491 e. The standard InChI is InChI=1S/C17H23F3O/c1-2-21-15-10-9-14(16(19)17(15)20)13-7-5-12(6-8-13)4-3-11-18/h9-10,12-13H,2-8,11H2,1H3. The molecule has 1 fully saturated rings. The average molecular weight is 300 g/mol. The van der Waals surface area contributed by atoms with Crippen LogP contribution < -0.4 is 4.74 Å². The van der Waals surface area contributed by atoms with Crippen LogP contribution in [0.3, 0.4) is 0 Å². The Morgan fingerprint density at radius 3 is 2.43 bits per heavy atom. The molecule has 1 nitrogen and oxygen atoms in total. The van der Waals surface area contributed by atoms with Gasteiger partial charge in [0.05, 0.1) is 13.3 Å². The number of alkyl halides is 1. The Hall–Kier alpha value is -1.19.